The van der Waals surface area contributed by atoms with Crippen LogP contribution in [0, 0.1) is 11.8 Å². The quantitative estimate of drug-likeness (QED) is 0.622. The summed E-state index contributed by atoms with van der Waals surface area (Å²) in [5.41, 5.74) is 0. The molecule has 1 saturated heterocycles. The fourth-order valence-electron chi connectivity index (χ4n) is 1.69. The number of ether oxygens (including phenoxy) is 1. The van der Waals surface area contributed by atoms with Crippen molar-refractivity contribution in [2.45, 2.75) is 33.0 Å². The molecule has 3 heteroatoms. The summed E-state index contributed by atoms with van der Waals surface area (Å²) in [7, 11) is 0. The van der Waals surface area contributed by atoms with Gasteiger partial charge in [0.2, 0.25) is 0 Å². The van der Waals surface area contributed by atoms with Crippen molar-refractivity contribution in [1.29, 1.82) is 0 Å². The van der Waals surface area contributed by atoms with Crippen LogP contribution in [-0.4, -0.2) is 23.3 Å². The van der Waals surface area contributed by atoms with Gasteiger partial charge in [0.25, 0.3) is 0 Å². The second-order valence-corrected chi connectivity index (χ2v) is 3.27. The van der Waals surface area contributed by atoms with Crippen molar-refractivity contribution >= 4 is 5.97 Å². The van der Waals surface area contributed by atoms with E-state index in [-0.39, 0.29) is 24.0 Å². The monoisotopic (exact) mass is 158 g/mol. The predicted octanol–water partition coefficient (Wildman–Crippen LogP) is 1.13. The summed E-state index contributed by atoms with van der Waals surface area (Å²) in [6.45, 7) is 5.66. The fraction of sp³-hybridized carbons (Fsp3) is 0.875. The molecule has 1 N–H and O–H groups in total. The molecular formula is C8H14O3. The highest BCUT2D eigenvalue weighted by molar-refractivity contribution is 5.71. The maximum atomic E-state index is 10.7. The molecule has 0 aromatic carbocycles. The first-order valence-corrected chi connectivity index (χ1v) is 3.92. The third kappa shape index (κ3) is 1.38. The molecule has 1 heterocycles. The number of rotatable bonds is 1. The maximum absolute atomic E-state index is 10.7. The van der Waals surface area contributed by atoms with Gasteiger partial charge in [-0.15, -0.1) is 0 Å². The summed E-state index contributed by atoms with van der Waals surface area (Å²) in [5.74, 6) is -0.943. The van der Waals surface area contributed by atoms with Crippen molar-refractivity contribution in [1.82, 2.24) is 0 Å². The lowest BCUT2D eigenvalue weighted by atomic mass is 9.90. The van der Waals surface area contributed by atoms with Crippen LogP contribution in [0.2, 0.25) is 0 Å². The van der Waals surface area contributed by atoms with Gasteiger partial charge in [0.1, 0.15) is 0 Å². The Balaban J connectivity index is 2.71. The highest BCUT2D eigenvalue weighted by Crippen LogP contribution is 2.31. The third-order valence-corrected chi connectivity index (χ3v) is 2.53. The Hall–Kier alpha value is -0.570. The van der Waals surface area contributed by atoms with E-state index >= 15 is 0 Å². The Kier molecular flexibility index (Phi) is 2.18. The molecule has 11 heavy (non-hydrogen) atoms. The van der Waals surface area contributed by atoms with E-state index in [0.29, 0.717) is 0 Å². The molecule has 1 fully saturated rings. The van der Waals surface area contributed by atoms with E-state index in [1.54, 1.807) is 0 Å². The maximum Gasteiger partial charge on any atom is 0.309 e. The summed E-state index contributed by atoms with van der Waals surface area (Å²) in [5, 5.41) is 8.79. The van der Waals surface area contributed by atoms with Crippen LogP contribution in [0.1, 0.15) is 20.8 Å². The molecule has 3 nitrogen and oxygen atoms in total. The second kappa shape index (κ2) is 2.81. The highest BCUT2D eigenvalue weighted by Gasteiger charge is 2.41. The number of carboxylic acids is 1. The first-order chi connectivity index (χ1) is 5.04. The number of carboxylic acid groups (broad SMARTS) is 1. The van der Waals surface area contributed by atoms with Crippen molar-refractivity contribution in [3.63, 3.8) is 0 Å². The summed E-state index contributed by atoms with van der Waals surface area (Å²) < 4.78 is 5.37. The molecule has 0 aromatic rings. The Morgan fingerprint density at radius 3 is 2.00 bits per heavy atom. The highest BCUT2D eigenvalue weighted by atomic mass is 16.5. The van der Waals surface area contributed by atoms with Gasteiger partial charge in [0, 0.05) is 0 Å². The van der Waals surface area contributed by atoms with Gasteiger partial charge in [-0.05, 0) is 19.8 Å². The van der Waals surface area contributed by atoms with E-state index in [0.717, 1.165) is 0 Å². The topological polar surface area (TPSA) is 46.5 Å². The van der Waals surface area contributed by atoms with Crippen molar-refractivity contribution in [3.05, 3.63) is 0 Å². The van der Waals surface area contributed by atoms with E-state index in [4.69, 9.17) is 9.84 Å². The zero-order valence-electron chi connectivity index (χ0n) is 7.07. The smallest absolute Gasteiger partial charge is 0.309 e. The second-order valence-electron chi connectivity index (χ2n) is 3.27. The molecule has 1 rings (SSSR count). The first-order valence-electron chi connectivity index (χ1n) is 3.92. The molecule has 0 unspecified atom stereocenters. The normalized spacial score (nSPS) is 44.3. The Morgan fingerprint density at radius 1 is 1.27 bits per heavy atom. The molecule has 1 aliphatic rings. The molecule has 0 aliphatic carbocycles. The molecule has 0 saturated carbocycles. The largest absolute Gasteiger partial charge is 0.481 e. The molecule has 0 bridgehead atoms. The van der Waals surface area contributed by atoms with Crippen molar-refractivity contribution in [2.24, 2.45) is 11.8 Å². The lowest BCUT2D eigenvalue weighted by molar-refractivity contribution is -0.144. The lowest BCUT2D eigenvalue weighted by Crippen LogP contribution is -2.26. The van der Waals surface area contributed by atoms with E-state index in [1.807, 2.05) is 20.8 Å². The Morgan fingerprint density at radius 2 is 1.82 bits per heavy atom. The van der Waals surface area contributed by atoms with Crippen LogP contribution in [0.5, 0.6) is 0 Å². The minimum Gasteiger partial charge on any atom is -0.481 e. The van der Waals surface area contributed by atoms with Gasteiger partial charge in [-0.1, -0.05) is 6.92 Å². The first kappa shape index (κ1) is 8.53. The van der Waals surface area contributed by atoms with Crippen LogP contribution in [0.25, 0.3) is 0 Å². The zero-order valence-corrected chi connectivity index (χ0v) is 7.07. The third-order valence-electron chi connectivity index (χ3n) is 2.53. The molecule has 64 valence electrons. The molecule has 0 radical (unpaired) electrons. The van der Waals surface area contributed by atoms with E-state index in [9.17, 15) is 4.79 Å². The Bertz CT molecular complexity index is 167. The van der Waals surface area contributed by atoms with Crippen molar-refractivity contribution in [2.75, 3.05) is 0 Å². The molecule has 1 aliphatic heterocycles. The minimum atomic E-state index is -0.741. The predicted molar refractivity (Wildman–Crippen MR) is 40.3 cm³/mol. The summed E-state index contributed by atoms with van der Waals surface area (Å²) in [6.07, 6.45) is -0.0661. The molecular weight excluding hydrogens is 144 g/mol. The van der Waals surface area contributed by atoms with Crippen LogP contribution >= 0.6 is 0 Å². The summed E-state index contributed by atoms with van der Waals surface area (Å²) >= 11 is 0. The molecule has 0 spiro atoms. The Labute approximate surface area is 66.4 Å². The SMILES string of the molecule is C[C@H]1[C@@H](C(=O)O)[C@@H](C)O[C@H]1C. The lowest BCUT2D eigenvalue weighted by Gasteiger charge is -2.11. The van der Waals surface area contributed by atoms with Crippen LogP contribution in [0.3, 0.4) is 0 Å². The van der Waals surface area contributed by atoms with Crippen LogP contribution in [0.15, 0.2) is 0 Å². The molecule has 4 atom stereocenters. The van der Waals surface area contributed by atoms with Crippen LogP contribution in [-0.2, 0) is 9.53 Å². The average Bonchev–Trinajstić information content (AvgIpc) is 2.07. The fourth-order valence-corrected chi connectivity index (χ4v) is 1.69. The van der Waals surface area contributed by atoms with Crippen molar-refractivity contribution < 1.29 is 14.6 Å². The van der Waals surface area contributed by atoms with Gasteiger partial charge >= 0.3 is 5.97 Å². The van der Waals surface area contributed by atoms with Gasteiger partial charge in [-0.3, -0.25) is 4.79 Å². The van der Waals surface area contributed by atoms with Gasteiger partial charge in [-0.25, -0.2) is 0 Å². The van der Waals surface area contributed by atoms with Crippen LogP contribution < -0.4 is 0 Å². The number of hydrogen-bond donors (Lipinski definition) is 1. The van der Waals surface area contributed by atoms with E-state index in [1.165, 1.54) is 0 Å². The summed E-state index contributed by atoms with van der Waals surface area (Å²) in [6, 6.07) is 0. The van der Waals surface area contributed by atoms with Crippen molar-refractivity contribution in [3.8, 4) is 0 Å². The van der Waals surface area contributed by atoms with Gasteiger partial charge in [0.15, 0.2) is 0 Å². The van der Waals surface area contributed by atoms with E-state index in [2.05, 4.69) is 0 Å². The average molecular weight is 158 g/mol. The number of aliphatic carboxylic acids is 1. The van der Waals surface area contributed by atoms with E-state index < -0.39 is 5.97 Å². The van der Waals surface area contributed by atoms with Crippen LogP contribution in [0.4, 0.5) is 0 Å². The van der Waals surface area contributed by atoms with Gasteiger partial charge in [0.05, 0.1) is 18.1 Å². The minimum absolute atomic E-state index is 0.0751. The summed E-state index contributed by atoms with van der Waals surface area (Å²) in [4.78, 5) is 10.7. The molecule has 0 aromatic heterocycles. The van der Waals surface area contributed by atoms with Gasteiger partial charge in [-0.2, -0.15) is 0 Å². The number of hydrogen-bond acceptors (Lipinski definition) is 2. The zero-order chi connectivity index (χ0) is 8.59. The van der Waals surface area contributed by atoms with Gasteiger partial charge < -0.3 is 9.84 Å². The number of carbonyl (C=O) groups is 1. The standard InChI is InChI=1S/C8H14O3/c1-4-5(2)11-6(3)7(4)8(9)10/h4-7H,1-3H3,(H,9,10)/t4-,5+,6-,7-/m1/s1. The molecule has 0 amide bonds.